The van der Waals surface area contributed by atoms with Crippen LogP contribution in [0.3, 0.4) is 0 Å². The molecule has 4 heteroatoms. The Morgan fingerprint density at radius 1 is 1.73 bits per heavy atom. The van der Waals surface area contributed by atoms with Crippen LogP contribution in [-0.4, -0.2) is 10.9 Å². The van der Waals surface area contributed by atoms with Crippen molar-refractivity contribution in [2.24, 2.45) is 5.92 Å². The van der Waals surface area contributed by atoms with Gasteiger partial charge in [-0.05, 0) is 25.7 Å². The zero-order chi connectivity index (χ0) is 10.7. The van der Waals surface area contributed by atoms with Crippen LogP contribution in [0, 0.1) is 12.8 Å². The van der Waals surface area contributed by atoms with Crippen molar-refractivity contribution in [3.8, 4) is 0 Å². The van der Waals surface area contributed by atoms with Crippen LogP contribution < -0.4 is 5.32 Å². The van der Waals surface area contributed by atoms with Crippen molar-refractivity contribution < 1.29 is 4.79 Å². The van der Waals surface area contributed by atoms with E-state index in [1.165, 1.54) is 11.3 Å². The molecule has 1 N–H and O–H groups in total. The van der Waals surface area contributed by atoms with Gasteiger partial charge in [0, 0.05) is 17.5 Å². The smallest absolute Gasteiger partial charge is 0.226 e. The zero-order valence-electron chi connectivity index (χ0n) is 8.69. The van der Waals surface area contributed by atoms with Gasteiger partial charge in [-0.3, -0.25) is 4.79 Å². The number of rotatable bonds is 3. The summed E-state index contributed by atoms with van der Waals surface area (Å²) in [5, 5.41) is 3.53. The summed E-state index contributed by atoms with van der Waals surface area (Å²) in [7, 11) is 0. The van der Waals surface area contributed by atoms with Gasteiger partial charge in [0.2, 0.25) is 5.91 Å². The van der Waals surface area contributed by atoms with E-state index < -0.39 is 0 Å². The highest BCUT2D eigenvalue weighted by atomic mass is 32.1. The number of aryl methyl sites for hydroxylation is 1. The number of hydrogen-bond acceptors (Lipinski definition) is 3. The molecule has 0 fully saturated rings. The third-order valence-corrected chi connectivity index (χ3v) is 3.26. The SMILES string of the molecule is Cc1cnc(NC(=O)C[C@H]2C=CCC2)s1. The van der Waals surface area contributed by atoms with E-state index in [9.17, 15) is 4.79 Å². The Bertz CT molecular complexity index is 384. The average Bonchev–Trinajstić information content (AvgIpc) is 2.77. The molecule has 0 radical (unpaired) electrons. The number of nitrogens with zero attached hydrogens (tertiary/aromatic N) is 1. The van der Waals surface area contributed by atoms with Crippen LogP contribution >= 0.6 is 11.3 Å². The van der Waals surface area contributed by atoms with Crippen LogP contribution in [0.2, 0.25) is 0 Å². The van der Waals surface area contributed by atoms with Crippen molar-refractivity contribution in [1.82, 2.24) is 4.98 Å². The fourth-order valence-corrected chi connectivity index (χ4v) is 2.37. The normalized spacial score (nSPS) is 19.4. The first-order chi connectivity index (χ1) is 7.24. The monoisotopic (exact) mass is 222 g/mol. The van der Waals surface area contributed by atoms with Crippen LogP contribution in [0.25, 0.3) is 0 Å². The van der Waals surface area contributed by atoms with Gasteiger partial charge in [0.1, 0.15) is 0 Å². The quantitative estimate of drug-likeness (QED) is 0.799. The molecule has 0 saturated heterocycles. The van der Waals surface area contributed by atoms with Crippen molar-refractivity contribution in [3.05, 3.63) is 23.2 Å². The number of amides is 1. The number of thiazole rings is 1. The Hall–Kier alpha value is -1.16. The first-order valence-corrected chi connectivity index (χ1v) is 5.94. The van der Waals surface area contributed by atoms with Crippen LogP contribution in [0.15, 0.2) is 18.3 Å². The van der Waals surface area contributed by atoms with Crippen LogP contribution in [-0.2, 0) is 4.79 Å². The minimum atomic E-state index is 0.0703. The summed E-state index contributed by atoms with van der Waals surface area (Å²) >= 11 is 1.51. The van der Waals surface area contributed by atoms with E-state index in [1.807, 2.05) is 6.92 Å². The van der Waals surface area contributed by atoms with E-state index in [2.05, 4.69) is 22.5 Å². The highest BCUT2D eigenvalue weighted by Crippen LogP contribution is 2.22. The van der Waals surface area contributed by atoms with Gasteiger partial charge in [-0.2, -0.15) is 0 Å². The van der Waals surface area contributed by atoms with Gasteiger partial charge >= 0.3 is 0 Å². The van der Waals surface area contributed by atoms with Crippen molar-refractivity contribution in [3.63, 3.8) is 0 Å². The van der Waals surface area contributed by atoms with E-state index in [4.69, 9.17) is 0 Å². The van der Waals surface area contributed by atoms with E-state index in [0.717, 1.165) is 17.7 Å². The molecular formula is C11H14N2OS. The molecule has 80 valence electrons. The van der Waals surface area contributed by atoms with Gasteiger partial charge in [0.25, 0.3) is 0 Å². The third kappa shape index (κ3) is 2.89. The maximum absolute atomic E-state index is 11.6. The molecule has 1 aromatic rings. The minimum absolute atomic E-state index is 0.0703. The molecule has 1 atom stereocenters. The lowest BCUT2D eigenvalue weighted by atomic mass is 10.1. The number of hydrogen-bond donors (Lipinski definition) is 1. The molecule has 1 aliphatic carbocycles. The van der Waals surface area contributed by atoms with Gasteiger partial charge in [0.05, 0.1) is 0 Å². The maximum Gasteiger partial charge on any atom is 0.226 e. The topological polar surface area (TPSA) is 42.0 Å². The Labute approximate surface area is 93.2 Å². The molecule has 0 spiro atoms. The molecule has 0 unspecified atom stereocenters. The summed E-state index contributed by atoms with van der Waals surface area (Å²) in [4.78, 5) is 16.8. The van der Waals surface area contributed by atoms with E-state index in [-0.39, 0.29) is 5.91 Å². The first kappa shape index (κ1) is 10.4. The second-order valence-corrected chi connectivity index (χ2v) is 5.03. The zero-order valence-corrected chi connectivity index (χ0v) is 9.51. The molecule has 0 aliphatic heterocycles. The second-order valence-electron chi connectivity index (χ2n) is 3.79. The lowest BCUT2D eigenvalue weighted by Gasteiger charge is -2.06. The number of aromatic nitrogens is 1. The standard InChI is InChI=1S/C11H14N2OS/c1-8-7-12-11(15-8)13-10(14)6-9-4-2-3-5-9/h2,4,7,9H,3,5-6H2,1H3,(H,12,13,14)/t9-/m0/s1. The predicted octanol–water partition coefficient (Wildman–Crippen LogP) is 2.75. The molecule has 1 aromatic heterocycles. The summed E-state index contributed by atoms with van der Waals surface area (Å²) in [6.45, 7) is 1.98. The summed E-state index contributed by atoms with van der Waals surface area (Å²) in [5.74, 6) is 0.493. The largest absolute Gasteiger partial charge is 0.302 e. The summed E-state index contributed by atoms with van der Waals surface area (Å²) in [6.07, 6.45) is 8.83. The van der Waals surface area contributed by atoms with Gasteiger partial charge in [-0.1, -0.05) is 12.2 Å². The van der Waals surface area contributed by atoms with Crippen molar-refractivity contribution in [2.75, 3.05) is 5.32 Å². The maximum atomic E-state index is 11.6. The lowest BCUT2D eigenvalue weighted by Crippen LogP contribution is -2.14. The van der Waals surface area contributed by atoms with Gasteiger partial charge in [-0.25, -0.2) is 4.98 Å². The molecule has 2 rings (SSSR count). The number of nitrogens with one attached hydrogen (secondary N) is 1. The van der Waals surface area contributed by atoms with Crippen LogP contribution in [0.5, 0.6) is 0 Å². The highest BCUT2D eigenvalue weighted by molar-refractivity contribution is 7.15. The van der Waals surface area contributed by atoms with E-state index in [0.29, 0.717) is 17.5 Å². The summed E-state index contributed by atoms with van der Waals surface area (Å²) in [6, 6.07) is 0. The number of anilines is 1. The molecular weight excluding hydrogens is 208 g/mol. The van der Waals surface area contributed by atoms with Crippen molar-refractivity contribution in [1.29, 1.82) is 0 Å². The molecule has 1 amide bonds. The van der Waals surface area contributed by atoms with Crippen molar-refractivity contribution >= 4 is 22.4 Å². The molecule has 15 heavy (non-hydrogen) atoms. The Kier molecular flexibility index (Phi) is 3.16. The fraction of sp³-hybridized carbons (Fsp3) is 0.455. The molecule has 0 bridgehead atoms. The van der Waals surface area contributed by atoms with Crippen LogP contribution in [0.4, 0.5) is 5.13 Å². The minimum Gasteiger partial charge on any atom is -0.302 e. The second kappa shape index (κ2) is 4.57. The first-order valence-electron chi connectivity index (χ1n) is 5.13. The number of carbonyl (C=O) groups excluding carboxylic acids is 1. The van der Waals surface area contributed by atoms with E-state index >= 15 is 0 Å². The summed E-state index contributed by atoms with van der Waals surface area (Å²) in [5.41, 5.74) is 0. The molecule has 1 aliphatic rings. The molecule has 3 nitrogen and oxygen atoms in total. The fourth-order valence-electron chi connectivity index (χ4n) is 1.69. The molecule has 1 heterocycles. The number of allylic oxidation sites excluding steroid dienone is 2. The van der Waals surface area contributed by atoms with Crippen LogP contribution in [0.1, 0.15) is 24.1 Å². The van der Waals surface area contributed by atoms with Gasteiger partial charge in [0.15, 0.2) is 5.13 Å². The Morgan fingerprint density at radius 2 is 2.60 bits per heavy atom. The molecule has 0 saturated carbocycles. The Balaban J connectivity index is 1.84. The lowest BCUT2D eigenvalue weighted by molar-refractivity contribution is -0.116. The Morgan fingerprint density at radius 3 is 3.20 bits per heavy atom. The van der Waals surface area contributed by atoms with Gasteiger partial charge < -0.3 is 5.32 Å². The third-order valence-electron chi connectivity index (χ3n) is 2.43. The van der Waals surface area contributed by atoms with Gasteiger partial charge in [-0.15, -0.1) is 11.3 Å². The predicted molar refractivity (Wildman–Crippen MR) is 62.0 cm³/mol. The highest BCUT2D eigenvalue weighted by Gasteiger charge is 2.14. The average molecular weight is 222 g/mol. The summed E-state index contributed by atoms with van der Waals surface area (Å²) < 4.78 is 0. The van der Waals surface area contributed by atoms with E-state index in [1.54, 1.807) is 6.20 Å². The number of carbonyl (C=O) groups is 1. The van der Waals surface area contributed by atoms with Crippen molar-refractivity contribution in [2.45, 2.75) is 26.2 Å². The molecule has 0 aromatic carbocycles.